The number of hydrogen-bond donors (Lipinski definition) is 1. The molecule has 0 saturated carbocycles. The number of esters is 2. The van der Waals surface area contributed by atoms with Crippen molar-refractivity contribution >= 4 is 178 Å². The Morgan fingerprint density at radius 1 is 0.427 bits per heavy atom. The van der Waals surface area contributed by atoms with Gasteiger partial charge in [-0.1, -0.05) is 71.2 Å². The Morgan fingerprint density at radius 3 is 1.02 bits per heavy atom. The summed E-state index contributed by atoms with van der Waals surface area (Å²) in [5, 5.41) is 31.8. The lowest BCUT2D eigenvalue weighted by Crippen LogP contribution is -2.49. The van der Waals surface area contributed by atoms with Crippen molar-refractivity contribution in [1.82, 2.24) is 69.0 Å². The van der Waals surface area contributed by atoms with E-state index in [1.54, 1.807) is 34.3 Å². The van der Waals surface area contributed by atoms with Crippen LogP contribution in [0.15, 0.2) is 132 Å². The van der Waals surface area contributed by atoms with Gasteiger partial charge in [0.15, 0.2) is 46.9 Å². The monoisotopic (exact) mass is 1950 g/mol. The van der Waals surface area contributed by atoms with E-state index in [-0.39, 0.29) is 13.2 Å². The molecule has 0 aliphatic carbocycles. The summed E-state index contributed by atoms with van der Waals surface area (Å²) in [6, 6.07) is 36.2. The van der Waals surface area contributed by atoms with Crippen LogP contribution in [0.25, 0.3) is 129 Å². The number of benzene rings is 6. The topological polar surface area (TPSA) is 261 Å². The Hall–Kier alpha value is -9.99. The molecular formula is C99H110BrCl3N16O9S3. The van der Waals surface area contributed by atoms with Crippen LogP contribution in [-0.4, -0.2) is 187 Å². The maximum absolute atomic E-state index is 13.5. The third kappa shape index (κ3) is 20.7. The highest BCUT2D eigenvalue weighted by molar-refractivity contribution is 9.10. The first-order valence-electron chi connectivity index (χ1n) is 43.9. The van der Waals surface area contributed by atoms with Gasteiger partial charge in [0.2, 0.25) is 0 Å². The second-order valence-corrected chi connectivity index (χ2v) is 41.6. The molecule has 2 aliphatic heterocycles. The van der Waals surface area contributed by atoms with E-state index < -0.39 is 53.0 Å². The molecule has 0 radical (unpaired) electrons. The summed E-state index contributed by atoms with van der Waals surface area (Å²) in [7, 11) is 5.74. The van der Waals surface area contributed by atoms with Crippen molar-refractivity contribution in [2.24, 2.45) is 21.1 Å². The lowest BCUT2D eigenvalue weighted by atomic mass is 9.91. The number of carbonyl (C=O) groups excluding carboxylic acids is 2. The van der Waals surface area contributed by atoms with Crippen LogP contribution >= 0.6 is 84.7 Å². The molecule has 6 aromatic carbocycles. The van der Waals surface area contributed by atoms with Crippen LogP contribution < -0.4 is 9.80 Å². The van der Waals surface area contributed by atoms with Crippen molar-refractivity contribution in [2.45, 2.75) is 172 Å². The minimum atomic E-state index is -1.17. The van der Waals surface area contributed by atoms with Crippen molar-refractivity contribution in [3.05, 3.63) is 181 Å². The maximum atomic E-state index is 13.5. The van der Waals surface area contributed by atoms with Crippen LogP contribution in [0.1, 0.15) is 156 Å². The van der Waals surface area contributed by atoms with Crippen molar-refractivity contribution in [3.8, 4) is 65.1 Å². The molecule has 2 saturated heterocycles. The molecule has 9 aromatic heterocycles. The zero-order chi connectivity index (χ0) is 93.9. The predicted octanol–water partition coefficient (Wildman–Crippen LogP) is 23.2. The van der Waals surface area contributed by atoms with Gasteiger partial charge >= 0.3 is 17.9 Å². The number of pyridine rings is 3. The zero-order valence-electron chi connectivity index (χ0n) is 77.7. The number of carboxylic acids is 1. The third-order valence-electron chi connectivity index (χ3n) is 23.0. The minimum absolute atomic E-state index is 0.254. The van der Waals surface area contributed by atoms with E-state index in [2.05, 4.69) is 85.4 Å². The highest BCUT2D eigenvalue weighted by atomic mass is 79.9. The Bertz CT molecular complexity index is 6790. The number of aryl methyl sites for hydroxylation is 6. The summed E-state index contributed by atoms with van der Waals surface area (Å²) < 4.78 is 39.0. The molecule has 686 valence electrons. The fourth-order valence-corrected chi connectivity index (χ4v) is 21.2. The van der Waals surface area contributed by atoms with E-state index in [0.29, 0.717) is 32.7 Å². The van der Waals surface area contributed by atoms with Crippen molar-refractivity contribution in [3.63, 3.8) is 0 Å². The maximum Gasteiger partial charge on any atom is 0.339 e. The number of aromatic nitrogens is 12. The second kappa shape index (κ2) is 38.9. The second-order valence-electron chi connectivity index (χ2n) is 36.6. The van der Waals surface area contributed by atoms with Gasteiger partial charge in [-0.2, -0.15) is 15.3 Å². The molecule has 17 rings (SSSR count). The molecule has 2 aliphatic rings. The van der Waals surface area contributed by atoms with Crippen molar-refractivity contribution in [2.75, 3.05) is 75.4 Å². The van der Waals surface area contributed by atoms with Crippen LogP contribution in [0.2, 0.25) is 15.1 Å². The highest BCUT2D eigenvalue weighted by Crippen LogP contribution is 2.50. The third-order valence-corrected chi connectivity index (χ3v) is 27.7. The molecule has 32 heteroatoms. The summed E-state index contributed by atoms with van der Waals surface area (Å²) in [6.07, 6.45) is 2.52. The number of ether oxygens (including phenoxy) is 5. The Morgan fingerprint density at radius 2 is 0.718 bits per heavy atom. The summed E-state index contributed by atoms with van der Waals surface area (Å²) in [6.45, 7) is 43.8. The number of fused-ring (bicyclic) bond motifs is 6. The van der Waals surface area contributed by atoms with Crippen LogP contribution in [-0.2, 0) is 59.2 Å². The van der Waals surface area contributed by atoms with Gasteiger partial charge in [0.05, 0.1) is 76.8 Å². The van der Waals surface area contributed by atoms with E-state index in [0.717, 1.165) is 225 Å². The quantitative estimate of drug-likeness (QED) is 0.0655. The first-order chi connectivity index (χ1) is 62.1. The van der Waals surface area contributed by atoms with Gasteiger partial charge in [0.25, 0.3) is 0 Å². The van der Waals surface area contributed by atoms with E-state index in [9.17, 15) is 19.5 Å². The molecule has 0 spiro atoms. The molecule has 25 nitrogen and oxygen atoms in total. The number of rotatable bonds is 21. The van der Waals surface area contributed by atoms with Gasteiger partial charge in [-0.3, -0.25) is 9.80 Å². The summed E-state index contributed by atoms with van der Waals surface area (Å²) in [5.74, 6) is 0.0111. The zero-order valence-corrected chi connectivity index (χ0v) is 84.0. The van der Waals surface area contributed by atoms with Gasteiger partial charge in [-0.25, -0.2) is 58.3 Å². The van der Waals surface area contributed by atoms with Gasteiger partial charge < -0.3 is 38.6 Å². The molecule has 0 unspecified atom stereocenters. The standard InChI is InChI=1S/C36H43ClN6O3S.C34H39ClN6O3S.C29H28BrClN4O3S/c1-9-45-35(44)30(46-36(5,6)7)28-22(4)18-27-31(29(28)23-10-12-25(37)13-11-23)47-34(39-27)24-19-26-32(38-20-24)41(8)40-33(26)43-16-14-42(15-17-43)21(2)3;1-19(2)40-12-14-41(15-13-40)31-24-17-22(18-36-30(24)39(7)38-31)32-37-25-16-20(3)26(28(33(42)43)44-34(4,5)6)27(29(25)45-32)21-8-10-23(35)11-9-21;1-7-37-28(36)23(38-29(3,4)5)21-15(2)12-20-24(22(21)16-8-10-18(31)11-9-16)39-27(33-20)17-13-19-25(30)34-35(6)26(19)32-14-17/h10-13,18-21,30H,9,14-17H2,1-8H3;8-11,16-19,28H,12-15H2,1-7H3,(H,42,43);8-14,23H,7H2,1-6H3/t30-;28-;23-/m000/s1. The number of anilines is 2. The normalized spacial score (nSPS) is 14.6. The average Bonchev–Trinajstić information content (AvgIpc) is 1.62. The molecule has 3 atom stereocenters. The Labute approximate surface area is 798 Å². The number of thiazole rings is 3. The van der Waals surface area contributed by atoms with E-state index >= 15 is 0 Å². The molecular weight excluding hydrogens is 1840 g/mol. The predicted molar refractivity (Wildman–Crippen MR) is 534 cm³/mol. The van der Waals surface area contributed by atoms with E-state index in [1.807, 2.05) is 236 Å². The first kappa shape index (κ1) is 95.6. The fourth-order valence-electron chi connectivity index (χ4n) is 17.0. The first-order valence-corrected chi connectivity index (χ1v) is 48.3. The molecule has 2 fully saturated rings. The average molecular weight is 1950 g/mol. The van der Waals surface area contributed by atoms with Crippen molar-refractivity contribution < 1.29 is 43.2 Å². The number of piperazine rings is 2. The van der Waals surface area contributed by atoms with Crippen LogP contribution in [0.3, 0.4) is 0 Å². The van der Waals surface area contributed by atoms with E-state index in [1.165, 1.54) is 11.3 Å². The molecule has 131 heavy (non-hydrogen) atoms. The molecule has 0 amide bonds. The van der Waals surface area contributed by atoms with Crippen LogP contribution in [0.4, 0.5) is 11.6 Å². The largest absolute Gasteiger partial charge is 0.479 e. The van der Waals surface area contributed by atoms with E-state index in [4.69, 9.17) is 93.6 Å². The number of nitrogens with zero attached hydrogens (tertiary/aromatic N) is 16. The smallest absolute Gasteiger partial charge is 0.339 e. The fraction of sp³-hybridized carbons (Fsp3) is 0.394. The molecule has 11 heterocycles. The molecule has 15 aromatic rings. The lowest BCUT2D eigenvalue weighted by Gasteiger charge is -2.37. The Kier molecular flexibility index (Phi) is 28.4. The van der Waals surface area contributed by atoms with Gasteiger partial charge in [0.1, 0.15) is 19.6 Å². The SMILES string of the molecule is CCOC(=O)[C@@H](OC(C)(C)C)c1c(C)cc2nc(-c3cnc4c(c3)c(Br)nn4C)sc2c1-c1ccc(Cl)cc1.CCOC(=O)[C@@H](OC(C)(C)C)c1c(C)cc2nc(-c3cnc4c(c3)c(N3CCN(C(C)C)CC3)nn4C)sc2c1-c1ccc(Cl)cc1.Cc1cc2nc(-c3cnc4c(c3)c(N3CCN(C(C)C)CC3)nn4C)sc2c(-c2ccc(Cl)cc2)c1[C@H](OC(C)(C)C)C(=O)O. The van der Waals surface area contributed by atoms with Crippen LogP contribution in [0, 0.1) is 20.8 Å². The van der Waals surface area contributed by atoms with Crippen LogP contribution in [0.5, 0.6) is 0 Å². The molecule has 1 N–H and O–H groups in total. The minimum Gasteiger partial charge on any atom is -0.479 e. The number of aliphatic carboxylic acids is 1. The number of hydrogen-bond acceptors (Lipinski definition) is 24. The van der Waals surface area contributed by atoms with Crippen molar-refractivity contribution in [1.29, 1.82) is 0 Å². The number of carboxylic acid groups (broad SMARTS) is 1. The summed E-state index contributed by atoms with van der Waals surface area (Å²) in [5.41, 5.74) is 15.7. The highest BCUT2D eigenvalue weighted by Gasteiger charge is 2.39. The number of carbonyl (C=O) groups is 3. The van der Waals surface area contributed by atoms with Gasteiger partial charge in [-0.05, 0) is 247 Å². The summed E-state index contributed by atoms with van der Waals surface area (Å²) in [4.78, 5) is 78.7. The number of halogens is 4. The Balaban J connectivity index is 0.000000151. The van der Waals surface area contributed by atoms with Gasteiger partial charge in [0, 0.05) is 169 Å². The lowest BCUT2D eigenvalue weighted by molar-refractivity contribution is -0.167. The summed E-state index contributed by atoms with van der Waals surface area (Å²) >= 11 is 27.0. The molecule has 0 bridgehead atoms. The van der Waals surface area contributed by atoms with Gasteiger partial charge in [-0.15, -0.1) is 34.0 Å².